The van der Waals surface area contributed by atoms with Crippen LogP contribution >= 0.6 is 11.6 Å². The standard InChI is InChI=1S/C18H22ClN7O2/c1-11(2)10-24-18(19)17(12(3)21-24)13-5-4-8-23(13)15-7-6-14-20-9-16(26(27)28)25(14)22-15/h6-7,9,11,13H,4-5,8,10H2,1-3H3. The molecule has 3 aromatic rings. The second-order valence-electron chi connectivity index (χ2n) is 7.55. The van der Waals surface area contributed by atoms with Crippen molar-refractivity contribution in [1.82, 2.24) is 24.4 Å². The van der Waals surface area contributed by atoms with Crippen molar-refractivity contribution in [3.05, 3.63) is 44.9 Å². The molecule has 1 unspecified atom stereocenters. The van der Waals surface area contributed by atoms with Gasteiger partial charge in [0.25, 0.3) is 0 Å². The SMILES string of the molecule is Cc1nn(CC(C)C)c(Cl)c1C1CCCN1c1ccc2ncc([N+](=O)[O-])n2n1. The summed E-state index contributed by atoms with van der Waals surface area (Å²) in [7, 11) is 0. The Morgan fingerprint density at radius 1 is 1.36 bits per heavy atom. The lowest BCUT2D eigenvalue weighted by Crippen LogP contribution is -2.25. The molecule has 0 spiro atoms. The van der Waals surface area contributed by atoms with Gasteiger partial charge in [-0.3, -0.25) is 4.68 Å². The highest BCUT2D eigenvalue weighted by Gasteiger charge is 2.33. The minimum absolute atomic E-state index is 0.0425. The van der Waals surface area contributed by atoms with Crippen molar-refractivity contribution in [2.75, 3.05) is 11.4 Å². The zero-order valence-electron chi connectivity index (χ0n) is 16.0. The smallest absolute Gasteiger partial charge is 0.358 e. The van der Waals surface area contributed by atoms with Crippen LogP contribution in [0.1, 0.15) is 44.0 Å². The maximum atomic E-state index is 11.2. The maximum Gasteiger partial charge on any atom is 0.368 e. The first-order chi connectivity index (χ1) is 13.4. The number of hydrogen-bond donors (Lipinski definition) is 0. The van der Waals surface area contributed by atoms with Gasteiger partial charge in [0.15, 0.2) is 5.82 Å². The van der Waals surface area contributed by atoms with Crippen LogP contribution in [0.5, 0.6) is 0 Å². The molecule has 1 saturated heterocycles. The van der Waals surface area contributed by atoms with Crippen molar-refractivity contribution in [2.24, 2.45) is 5.92 Å². The molecule has 9 nitrogen and oxygen atoms in total. The number of anilines is 1. The van der Waals surface area contributed by atoms with Crippen LogP contribution in [0.25, 0.3) is 5.65 Å². The molecule has 0 amide bonds. The summed E-state index contributed by atoms with van der Waals surface area (Å²) in [4.78, 5) is 17.0. The predicted molar refractivity (Wildman–Crippen MR) is 106 cm³/mol. The molecule has 0 aliphatic carbocycles. The summed E-state index contributed by atoms with van der Waals surface area (Å²) in [6.07, 6.45) is 3.14. The van der Waals surface area contributed by atoms with E-state index in [4.69, 9.17) is 11.6 Å². The molecule has 1 aliphatic heterocycles. The second kappa shape index (κ2) is 7.05. The van der Waals surface area contributed by atoms with E-state index < -0.39 is 4.92 Å². The van der Waals surface area contributed by atoms with E-state index in [0.29, 0.717) is 22.5 Å². The molecule has 4 rings (SSSR count). The average Bonchev–Trinajstić information content (AvgIpc) is 3.32. The number of nitrogens with zero attached hydrogens (tertiary/aromatic N) is 7. The van der Waals surface area contributed by atoms with E-state index in [1.807, 2.05) is 17.7 Å². The fraction of sp³-hybridized carbons (Fsp3) is 0.500. The Hall–Kier alpha value is -2.68. The van der Waals surface area contributed by atoms with Crippen LogP contribution < -0.4 is 4.90 Å². The number of aryl methyl sites for hydroxylation is 1. The van der Waals surface area contributed by atoms with Crippen molar-refractivity contribution in [3.8, 4) is 0 Å². The number of halogens is 1. The Labute approximate surface area is 167 Å². The summed E-state index contributed by atoms with van der Waals surface area (Å²) < 4.78 is 3.14. The number of hydrogen-bond acceptors (Lipinski definition) is 6. The van der Waals surface area contributed by atoms with Gasteiger partial charge in [-0.25, -0.2) is 4.98 Å². The molecule has 148 valence electrons. The molecule has 0 saturated carbocycles. The third-order valence-corrected chi connectivity index (χ3v) is 5.44. The van der Waals surface area contributed by atoms with Crippen LogP contribution in [0.4, 0.5) is 11.6 Å². The quantitative estimate of drug-likeness (QED) is 0.475. The fourth-order valence-corrected chi connectivity index (χ4v) is 4.25. The molecule has 0 aromatic carbocycles. The van der Waals surface area contributed by atoms with E-state index in [0.717, 1.165) is 37.2 Å². The Morgan fingerprint density at radius 2 is 2.14 bits per heavy atom. The molecule has 0 bridgehead atoms. The van der Waals surface area contributed by atoms with Gasteiger partial charge >= 0.3 is 5.82 Å². The molecule has 1 fully saturated rings. The number of nitro groups is 1. The molecule has 0 radical (unpaired) electrons. The lowest BCUT2D eigenvalue weighted by Gasteiger charge is -2.25. The van der Waals surface area contributed by atoms with E-state index >= 15 is 0 Å². The molecule has 0 N–H and O–H groups in total. The lowest BCUT2D eigenvalue weighted by molar-refractivity contribution is -0.391. The summed E-state index contributed by atoms with van der Waals surface area (Å²) in [5.74, 6) is 0.963. The van der Waals surface area contributed by atoms with Crippen LogP contribution in [-0.2, 0) is 6.54 Å². The zero-order valence-corrected chi connectivity index (χ0v) is 16.8. The lowest BCUT2D eigenvalue weighted by atomic mass is 10.1. The minimum atomic E-state index is -0.477. The topological polar surface area (TPSA) is 94.4 Å². The van der Waals surface area contributed by atoms with Gasteiger partial charge in [0.2, 0.25) is 5.65 Å². The first-order valence-electron chi connectivity index (χ1n) is 9.35. The van der Waals surface area contributed by atoms with Crippen molar-refractivity contribution in [2.45, 2.75) is 46.2 Å². The number of aromatic nitrogens is 5. The normalized spacial score (nSPS) is 17.2. The monoisotopic (exact) mass is 403 g/mol. The van der Waals surface area contributed by atoms with Gasteiger partial charge < -0.3 is 15.0 Å². The molecule has 1 atom stereocenters. The first kappa shape index (κ1) is 18.7. The van der Waals surface area contributed by atoms with Gasteiger partial charge in [-0.2, -0.15) is 5.10 Å². The molecule has 1 aliphatic rings. The van der Waals surface area contributed by atoms with Crippen LogP contribution in [-0.4, -0.2) is 35.8 Å². The van der Waals surface area contributed by atoms with Gasteiger partial charge in [0.05, 0.1) is 11.7 Å². The van der Waals surface area contributed by atoms with Crippen LogP contribution in [0.2, 0.25) is 5.15 Å². The molecule has 4 heterocycles. The van der Waals surface area contributed by atoms with Gasteiger partial charge in [-0.1, -0.05) is 35.1 Å². The van der Waals surface area contributed by atoms with E-state index in [1.165, 1.54) is 10.7 Å². The predicted octanol–water partition coefficient (Wildman–Crippen LogP) is 3.79. The molecule has 28 heavy (non-hydrogen) atoms. The van der Waals surface area contributed by atoms with Crippen molar-refractivity contribution in [1.29, 1.82) is 0 Å². The summed E-state index contributed by atoms with van der Waals surface area (Å²) in [6, 6.07) is 3.65. The zero-order chi connectivity index (χ0) is 20.0. The Morgan fingerprint density at radius 3 is 2.86 bits per heavy atom. The number of rotatable bonds is 5. The average molecular weight is 404 g/mol. The van der Waals surface area contributed by atoms with Crippen molar-refractivity contribution in [3.63, 3.8) is 0 Å². The second-order valence-corrected chi connectivity index (χ2v) is 7.91. The highest BCUT2D eigenvalue weighted by atomic mass is 35.5. The molecular formula is C18H22ClN7O2. The van der Waals surface area contributed by atoms with Gasteiger partial charge in [0.1, 0.15) is 11.3 Å². The minimum Gasteiger partial charge on any atom is -0.358 e. The van der Waals surface area contributed by atoms with E-state index in [1.54, 1.807) is 6.07 Å². The Kier molecular flexibility index (Phi) is 4.70. The van der Waals surface area contributed by atoms with Crippen LogP contribution in [0.3, 0.4) is 0 Å². The van der Waals surface area contributed by atoms with E-state index in [-0.39, 0.29) is 11.9 Å². The third-order valence-electron chi connectivity index (χ3n) is 5.05. The van der Waals surface area contributed by atoms with Crippen molar-refractivity contribution >= 4 is 28.9 Å². The summed E-state index contributed by atoms with van der Waals surface area (Å²) >= 11 is 6.70. The highest BCUT2D eigenvalue weighted by Crippen LogP contribution is 2.40. The fourth-order valence-electron chi connectivity index (χ4n) is 3.88. The molecule has 3 aromatic heterocycles. The van der Waals surface area contributed by atoms with Gasteiger partial charge in [-0.15, -0.1) is 0 Å². The molecular weight excluding hydrogens is 382 g/mol. The van der Waals surface area contributed by atoms with Crippen molar-refractivity contribution < 1.29 is 4.92 Å². The largest absolute Gasteiger partial charge is 0.368 e. The van der Waals surface area contributed by atoms with Gasteiger partial charge in [0, 0.05) is 24.7 Å². The summed E-state index contributed by atoms with van der Waals surface area (Å²) in [5, 5.41) is 21.0. The summed E-state index contributed by atoms with van der Waals surface area (Å²) in [5.41, 5.74) is 2.38. The number of fused-ring (bicyclic) bond motifs is 1. The van der Waals surface area contributed by atoms with Gasteiger partial charge in [-0.05, 0) is 36.7 Å². The highest BCUT2D eigenvalue weighted by molar-refractivity contribution is 6.30. The Bertz CT molecular complexity index is 1040. The van der Waals surface area contributed by atoms with Crippen LogP contribution in [0.15, 0.2) is 18.3 Å². The maximum absolute atomic E-state index is 11.2. The van der Waals surface area contributed by atoms with Crippen LogP contribution in [0, 0.1) is 23.0 Å². The summed E-state index contributed by atoms with van der Waals surface area (Å²) in [6.45, 7) is 7.80. The Balaban J connectivity index is 1.73. The third kappa shape index (κ3) is 3.09. The van der Waals surface area contributed by atoms with E-state index in [9.17, 15) is 10.1 Å². The first-order valence-corrected chi connectivity index (χ1v) is 9.73. The van der Waals surface area contributed by atoms with E-state index in [2.05, 4.69) is 33.9 Å². The number of imidazole rings is 1. The molecule has 10 heteroatoms.